The molecule has 0 amide bonds. The van der Waals surface area contributed by atoms with Crippen molar-refractivity contribution in [2.75, 3.05) is 28.4 Å². The van der Waals surface area contributed by atoms with Gasteiger partial charge in [0, 0.05) is 9.50 Å². The van der Waals surface area contributed by atoms with Crippen LogP contribution in [0.1, 0.15) is 59.3 Å². The molecule has 0 spiro atoms. The second-order valence-electron chi connectivity index (χ2n) is 12.0. The van der Waals surface area contributed by atoms with Crippen LogP contribution in [0.5, 0.6) is 23.0 Å². The Morgan fingerprint density at radius 2 is 1.64 bits per heavy atom. The molecule has 1 aromatic heterocycles. The molecule has 0 saturated heterocycles. The van der Waals surface area contributed by atoms with Crippen molar-refractivity contribution < 1.29 is 28.8 Å². The van der Waals surface area contributed by atoms with Crippen molar-refractivity contribution in [1.29, 1.82) is 0 Å². The van der Waals surface area contributed by atoms with Crippen LogP contribution in [0.3, 0.4) is 0 Å². The van der Waals surface area contributed by atoms with E-state index in [0.717, 1.165) is 39.6 Å². The number of aryl methyl sites for hydroxylation is 1. The first-order valence-corrected chi connectivity index (χ1v) is 16.2. The molecule has 250 valence electrons. The zero-order chi connectivity index (χ0) is 34.5. The Kier molecular flexibility index (Phi) is 11.4. The van der Waals surface area contributed by atoms with Crippen LogP contribution in [0.25, 0.3) is 6.08 Å². The number of halogens is 2. The molecule has 1 aliphatic rings. The average molecular weight is 727 g/mol. The molecule has 1 heterocycles. The lowest BCUT2D eigenvalue weighted by Crippen LogP contribution is -2.45. The highest BCUT2D eigenvalue weighted by molar-refractivity contribution is 9.10. The van der Waals surface area contributed by atoms with Gasteiger partial charge in [-0.25, -0.2) is 9.67 Å². The molecule has 4 aromatic rings. The quantitative estimate of drug-likeness (QED) is 0.174. The van der Waals surface area contributed by atoms with Crippen LogP contribution >= 0.6 is 27.5 Å². The SMILES string of the molecule is CC1(C)CC/C(=C\c2ccc(Cl)cc2)C1(O)Cn1cncn1.COc1cc(C)c(C(=O)c2c(OC)ccc(Br)c2C)c(OC)c1OC. The summed E-state index contributed by atoms with van der Waals surface area (Å²) in [6.07, 6.45) is 7.03. The molecule has 1 atom stereocenters. The minimum atomic E-state index is -0.930. The zero-order valence-electron chi connectivity index (χ0n) is 28.0. The van der Waals surface area contributed by atoms with Crippen LogP contribution in [0.4, 0.5) is 0 Å². The maximum absolute atomic E-state index is 13.4. The van der Waals surface area contributed by atoms with Gasteiger partial charge in [-0.2, -0.15) is 5.10 Å². The Morgan fingerprint density at radius 1 is 0.979 bits per heavy atom. The number of rotatable bonds is 9. The monoisotopic (exact) mass is 725 g/mol. The Morgan fingerprint density at radius 3 is 2.21 bits per heavy atom. The molecule has 3 aromatic carbocycles. The van der Waals surface area contributed by atoms with Crippen LogP contribution in [0.15, 0.2) is 65.2 Å². The van der Waals surface area contributed by atoms with E-state index in [4.69, 9.17) is 30.5 Å². The lowest BCUT2D eigenvalue weighted by molar-refractivity contribution is -0.0298. The first kappa shape index (κ1) is 36.0. The summed E-state index contributed by atoms with van der Waals surface area (Å²) >= 11 is 9.41. The molecule has 5 rings (SSSR count). The summed E-state index contributed by atoms with van der Waals surface area (Å²) in [5.74, 6) is 1.52. The van der Waals surface area contributed by atoms with Crippen molar-refractivity contribution in [2.45, 2.75) is 52.7 Å². The number of hydrogen-bond acceptors (Lipinski definition) is 8. The Labute approximate surface area is 289 Å². The number of carbonyl (C=O) groups is 1. The largest absolute Gasteiger partial charge is 0.496 e. The van der Waals surface area contributed by atoms with E-state index in [1.54, 1.807) is 30.3 Å². The van der Waals surface area contributed by atoms with Crippen LogP contribution in [-0.4, -0.2) is 59.7 Å². The third-order valence-corrected chi connectivity index (χ3v) is 9.91. The van der Waals surface area contributed by atoms with E-state index in [1.165, 1.54) is 27.7 Å². The van der Waals surface area contributed by atoms with Crippen LogP contribution < -0.4 is 18.9 Å². The van der Waals surface area contributed by atoms with Crippen molar-refractivity contribution in [1.82, 2.24) is 14.8 Å². The molecule has 0 bridgehead atoms. The highest BCUT2D eigenvalue weighted by atomic mass is 79.9. The summed E-state index contributed by atoms with van der Waals surface area (Å²) in [5, 5.41) is 16.2. The van der Waals surface area contributed by atoms with Gasteiger partial charge < -0.3 is 24.1 Å². The smallest absolute Gasteiger partial charge is 0.204 e. The van der Waals surface area contributed by atoms with Crippen molar-refractivity contribution >= 4 is 39.4 Å². The Bertz CT molecular complexity index is 1760. The van der Waals surface area contributed by atoms with Gasteiger partial charge in [0.05, 0.1) is 46.1 Å². The molecular weight excluding hydrogens is 686 g/mol. The van der Waals surface area contributed by atoms with E-state index in [1.807, 2.05) is 44.2 Å². The zero-order valence-corrected chi connectivity index (χ0v) is 30.3. The number of methoxy groups -OCH3 is 4. The van der Waals surface area contributed by atoms with E-state index in [9.17, 15) is 9.90 Å². The average Bonchev–Trinajstić information content (AvgIpc) is 3.64. The van der Waals surface area contributed by atoms with Gasteiger partial charge in [-0.05, 0) is 84.7 Å². The lowest BCUT2D eigenvalue weighted by atomic mass is 9.76. The van der Waals surface area contributed by atoms with Gasteiger partial charge in [0.2, 0.25) is 11.5 Å². The fourth-order valence-electron chi connectivity index (χ4n) is 5.91. The van der Waals surface area contributed by atoms with Gasteiger partial charge in [0.1, 0.15) is 24.0 Å². The normalized spacial score (nSPS) is 17.6. The second kappa shape index (κ2) is 14.9. The lowest BCUT2D eigenvalue weighted by Gasteiger charge is -2.37. The van der Waals surface area contributed by atoms with Gasteiger partial charge in [-0.3, -0.25) is 4.79 Å². The molecule has 11 heteroatoms. The third-order valence-electron chi connectivity index (χ3n) is 8.80. The van der Waals surface area contributed by atoms with Crippen molar-refractivity contribution in [3.8, 4) is 23.0 Å². The molecular formula is C36H41BrClN3O6. The Balaban J connectivity index is 0.000000214. The number of benzene rings is 3. The summed E-state index contributed by atoms with van der Waals surface area (Å²) in [6.45, 7) is 8.32. The highest BCUT2D eigenvalue weighted by Gasteiger charge is 2.51. The van der Waals surface area contributed by atoms with Gasteiger partial charge in [0.25, 0.3) is 0 Å². The van der Waals surface area contributed by atoms with E-state index in [-0.39, 0.29) is 11.2 Å². The van der Waals surface area contributed by atoms with E-state index < -0.39 is 5.60 Å². The molecule has 0 aliphatic heterocycles. The van der Waals surface area contributed by atoms with Gasteiger partial charge in [-0.1, -0.05) is 59.6 Å². The molecule has 1 aliphatic carbocycles. The number of ketones is 1. The van der Waals surface area contributed by atoms with E-state index in [0.29, 0.717) is 45.7 Å². The van der Waals surface area contributed by atoms with Gasteiger partial charge >= 0.3 is 0 Å². The number of carbonyl (C=O) groups excluding carboxylic acids is 1. The van der Waals surface area contributed by atoms with E-state index >= 15 is 0 Å². The number of aromatic nitrogens is 3. The predicted octanol–water partition coefficient (Wildman–Crippen LogP) is 7.90. The molecule has 1 saturated carbocycles. The Hall–Kier alpha value is -3.86. The van der Waals surface area contributed by atoms with E-state index in [2.05, 4.69) is 45.9 Å². The fraction of sp³-hybridized carbons (Fsp3) is 0.361. The summed E-state index contributed by atoms with van der Waals surface area (Å²) < 4.78 is 24.2. The summed E-state index contributed by atoms with van der Waals surface area (Å²) in [5.41, 5.74) is 3.36. The first-order valence-electron chi connectivity index (χ1n) is 15.0. The molecule has 9 nitrogen and oxygen atoms in total. The van der Waals surface area contributed by atoms with Crippen molar-refractivity contribution in [3.63, 3.8) is 0 Å². The number of nitrogens with zero attached hydrogens (tertiary/aromatic N) is 3. The second-order valence-corrected chi connectivity index (χ2v) is 13.3. The molecule has 47 heavy (non-hydrogen) atoms. The van der Waals surface area contributed by atoms with Crippen molar-refractivity contribution in [3.05, 3.63) is 98.0 Å². The minimum absolute atomic E-state index is 0.203. The summed E-state index contributed by atoms with van der Waals surface area (Å²) in [7, 11) is 6.09. The first-order chi connectivity index (χ1) is 22.3. The molecule has 1 N–H and O–H groups in total. The molecule has 1 fully saturated rings. The minimum Gasteiger partial charge on any atom is -0.496 e. The fourth-order valence-corrected chi connectivity index (χ4v) is 6.37. The maximum atomic E-state index is 13.4. The summed E-state index contributed by atoms with van der Waals surface area (Å²) in [6, 6.07) is 13.0. The summed E-state index contributed by atoms with van der Waals surface area (Å²) in [4.78, 5) is 17.4. The maximum Gasteiger partial charge on any atom is 0.204 e. The van der Waals surface area contributed by atoms with Crippen LogP contribution in [-0.2, 0) is 6.54 Å². The third kappa shape index (κ3) is 7.35. The molecule has 1 unspecified atom stereocenters. The number of ether oxygens (including phenoxy) is 4. The topological polar surface area (TPSA) is 105 Å². The number of aliphatic hydroxyl groups is 1. The van der Waals surface area contributed by atoms with Crippen molar-refractivity contribution in [2.24, 2.45) is 5.41 Å². The number of hydrogen-bond donors (Lipinski definition) is 1. The van der Waals surface area contributed by atoms with Gasteiger partial charge in [-0.15, -0.1) is 0 Å². The molecule has 0 radical (unpaired) electrons. The predicted molar refractivity (Wildman–Crippen MR) is 187 cm³/mol. The van der Waals surface area contributed by atoms with Crippen LogP contribution in [0.2, 0.25) is 5.02 Å². The standard InChI is InChI=1S/C19H21BrO5.C17H20ClN3O/c1-10-9-14(23-4)18(24-5)19(25-6)15(10)17(21)16-11(2)12(20)7-8-13(16)22-3;1-16(2)8-7-14(9-13-3-5-15(18)6-4-13)17(16,22)10-21-12-19-11-20-21/h7-9H,1-6H3;3-6,9,11-12,22H,7-8,10H2,1-2H3/b;14-9+. The highest BCUT2D eigenvalue weighted by Crippen LogP contribution is 2.51. The van der Waals surface area contributed by atoms with Crippen LogP contribution in [0, 0.1) is 19.3 Å². The van der Waals surface area contributed by atoms with Gasteiger partial charge in [0.15, 0.2) is 11.5 Å².